The highest BCUT2D eigenvalue weighted by Crippen LogP contribution is 2.27. The Kier molecular flexibility index (Phi) is 3.88. The summed E-state index contributed by atoms with van der Waals surface area (Å²) >= 11 is 0. The van der Waals surface area contributed by atoms with Gasteiger partial charge in [-0.1, -0.05) is 24.3 Å². The van der Waals surface area contributed by atoms with E-state index in [0.717, 1.165) is 31.0 Å². The molecule has 0 radical (unpaired) electrons. The number of rotatable bonds is 3. The van der Waals surface area contributed by atoms with Crippen LogP contribution in [0.25, 0.3) is 0 Å². The van der Waals surface area contributed by atoms with Crippen molar-refractivity contribution in [2.24, 2.45) is 0 Å². The fourth-order valence-corrected chi connectivity index (χ4v) is 2.57. The minimum atomic E-state index is 0.0575. The molecule has 0 saturated carbocycles. The maximum Gasteiger partial charge on any atom is 0.136 e. The summed E-state index contributed by atoms with van der Waals surface area (Å²) < 4.78 is 11.3. The number of hydrogen-bond donors (Lipinski definition) is 1. The van der Waals surface area contributed by atoms with Crippen molar-refractivity contribution >= 4 is 0 Å². The first-order chi connectivity index (χ1) is 9.86. The van der Waals surface area contributed by atoms with Gasteiger partial charge in [0.15, 0.2) is 0 Å². The van der Waals surface area contributed by atoms with Gasteiger partial charge in [0.2, 0.25) is 0 Å². The lowest BCUT2D eigenvalue weighted by Crippen LogP contribution is -2.23. The van der Waals surface area contributed by atoms with Gasteiger partial charge in [0.05, 0.1) is 7.11 Å². The molecule has 1 unspecified atom stereocenters. The van der Waals surface area contributed by atoms with E-state index >= 15 is 0 Å². The van der Waals surface area contributed by atoms with Crippen LogP contribution in [0.3, 0.4) is 0 Å². The van der Waals surface area contributed by atoms with Crippen molar-refractivity contribution < 1.29 is 9.47 Å². The smallest absolute Gasteiger partial charge is 0.136 e. The number of hydrogen-bond acceptors (Lipinski definition) is 3. The van der Waals surface area contributed by atoms with Crippen molar-refractivity contribution in [2.75, 3.05) is 20.2 Å². The van der Waals surface area contributed by atoms with Crippen LogP contribution in [0, 0.1) is 0 Å². The number of ether oxygens (including phenoxy) is 2. The second-order valence-corrected chi connectivity index (χ2v) is 4.93. The van der Waals surface area contributed by atoms with Crippen LogP contribution in [0.1, 0.15) is 17.2 Å². The van der Waals surface area contributed by atoms with Crippen molar-refractivity contribution in [3.63, 3.8) is 0 Å². The normalized spacial score (nSPS) is 17.9. The van der Waals surface area contributed by atoms with E-state index in [0.29, 0.717) is 0 Å². The third kappa shape index (κ3) is 2.78. The first kappa shape index (κ1) is 13.0. The minimum absolute atomic E-state index is 0.0575. The molecular weight excluding hydrogens is 250 g/mol. The largest absolute Gasteiger partial charge is 0.497 e. The van der Waals surface area contributed by atoms with Crippen LogP contribution in [0.5, 0.6) is 11.5 Å². The van der Waals surface area contributed by atoms with Crippen molar-refractivity contribution in [2.45, 2.75) is 12.5 Å². The van der Waals surface area contributed by atoms with Gasteiger partial charge < -0.3 is 14.8 Å². The summed E-state index contributed by atoms with van der Waals surface area (Å²) in [4.78, 5) is 0. The molecule has 0 saturated heterocycles. The van der Waals surface area contributed by atoms with Gasteiger partial charge in [0.25, 0.3) is 0 Å². The van der Waals surface area contributed by atoms with Crippen molar-refractivity contribution in [3.05, 3.63) is 59.7 Å². The van der Waals surface area contributed by atoms with E-state index in [9.17, 15) is 0 Å². The van der Waals surface area contributed by atoms with Crippen molar-refractivity contribution in [1.82, 2.24) is 5.32 Å². The average molecular weight is 269 g/mol. The van der Waals surface area contributed by atoms with Gasteiger partial charge in [0, 0.05) is 6.54 Å². The Balaban J connectivity index is 1.82. The van der Waals surface area contributed by atoms with E-state index in [1.807, 2.05) is 24.3 Å². The molecule has 2 aromatic carbocycles. The van der Waals surface area contributed by atoms with Crippen LogP contribution < -0.4 is 14.8 Å². The Morgan fingerprint density at radius 2 is 1.75 bits per heavy atom. The third-order valence-corrected chi connectivity index (χ3v) is 3.64. The topological polar surface area (TPSA) is 30.5 Å². The van der Waals surface area contributed by atoms with Crippen LogP contribution >= 0.6 is 0 Å². The first-order valence-corrected chi connectivity index (χ1v) is 6.96. The Morgan fingerprint density at radius 1 is 1.00 bits per heavy atom. The number of benzene rings is 2. The quantitative estimate of drug-likeness (QED) is 0.929. The molecule has 3 nitrogen and oxygen atoms in total. The summed E-state index contributed by atoms with van der Waals surface area (Å²) in [5, 5.41) is 3.44. The van der Waals surface area contributed by atoms with Crippen LogP contribution in [-0.2, 0) is 6.42 Å². The molecule has 0 fully saturated rings. The maximum absolute atomic E-state index is 6.14. The summed E-state index contributed by atoms with van der Waals surface area (Å²) in [6.07, 6.45) is 1.11. The monoisotopic (exact) mass is 269 g/mol. The van der Waals surface area contributed by atoms with Crippen LogP contribution in [0.15, 0.2) is 48.5 Å². The lowest BCUT2D eigenvalue weighted by Gasteiger charge is -2.19. The molecule has 2 aromatic rings. The van der Waals surface area contributed by atoms with Crippen LogP contribution in [-0.4, -0.2) is 20.2 Å². The number of nitrogens with one attached hydrogen (secondary N) is 1. The molecule has 0 aromatic heterocycles. The molecule has 3 heteroatoms. The molecule has 0 amide bonds. The van der Waals surface area contributed by atoms with Gasteiger partial charge in [-0.05, 0) is 48.4 Å². The standard InChI is InChI=1S/C17H19NO2/c1-19-14-6-8-15(9-7-14)20-17-12-18-11-10-13-4-2-3-5-16(13)17/h2-9,17-18H,10-12H2,1H3. The van der Waals surface area contributed by atoms with E-state index < -0.39 is 0 Å². The van der Waals surface area contributed by atoms with E-state index in [1.54, 1.807) is 7.11 Å². The molecule has 1 aliphatic heterocycles. The summed E-state index contributed by atoms with van der Waals surface area (Å²) in [5.41, 5.74) is 2.66. The first-order valence-electron chi connectivity index (χ1n) is 6.96. The maximum atomic E-state index is 6.14. The SMILES string of the molecule is COc1ccc(OC2CNCCc3ccccc32)cc1. The fraction of sp³-hybridized carbons (Fsp3) is 0.294. The summed E-state index contributed by atoms with van der Waals surface area (Å²) in [6.45, 7) is 1.84. The van der Waals surface area contributed by atoms with Crippen LogP contribution in [0.2, 0.25) is 0 Å². The molecule has 1 aliphatic rings. The highest BCUT2D eigenvalue weighted by Gasteiger charge is 2.19. The molecule has 0 spiro atoms. The van der Waals surface area contributed by atoms with Crippen molar-refractivity contribution in [3.8, 4) is 11.5 Å². The highest BCUT2D eigenvalue weighted by molar-refractivity contribution is 5.34. The van der Waals surface area contributed by atoms with Gasteiger partial charge >= 0.3 is 0 Å². The van der Waals surface area contributed by atoms with Crippen molar-refractivity contribution in [1.29, 1.82) is 0 Å². The van der Waals surface area contributed by atoms with E-state index in [1.165, 1.54) is 11.1 Å². The number of fused-ring (bicyclic) bond motifs is 1. The van der Waals surface area contributed by atoms with E-state index in [4.69, 9.17) is 9.47 Å². The summed E-state index contributed by atoms with van der Waals surface area (Å²) in [6, 6.07) is 16.3. The summed E-state index contributed by atoms with van der Waals surface area (Å²) in [7, 11) is 1.67. The Hall–Kier alpha value is -2.00. The van der Waals surface area contributed by atoms with Gasteiger partial charge in [0.1, 0.15) is 17.6 Å². The second-order valence-electron chi connectivity index (χ2n) is 4.93. The zero-order chi connectivity index (χ0) is 13.8. The highest BCUT2D eigenvalue weighted by atomic mass is 16.5. The molecule has 1 atom stereocenters. The minimum Gasteiger partial charge on any atom is -0.497 e. The number of methoxy groups -OCH3 is 1. The fourth-order valence-electron chi connectivity index (χ4n) is 2.57. The predicted octanol–water partition coefficient (Wildman–Crippen LogP) is 2.96. The molecule has 20 heavy (non-hydrogen) atoms. The summed E-state index contributed by atoms with van der Waals surface area (Å²) in [5.74, 6) is 1.71. The molecule has 0 bridgehead atoms. The zero-order valence-corrected chi connectivity index (χ0v) is 11.6. The average Bonchev–Trinajstić information content (AvgIpc) is 2.71. The predicted molar refractivity (Wildman–Crippen MR) is 79.4 cm³/mol. The van der Waals surface area contributed by atoms with Gasteiger partial charge in [-0.2, -0.15) is 0 Å². The molecule has 0 aliphatic carbocycles. The molecule has 3 rings (SSSR count). The lowest BCUT2D eigenvalue weighted by molar-refractivity contribution is 0.205. The van der Waals surface area contributed by atoms with Crippen LogP contribution in [0.4, 0.5) is 0 Å². The molecular formula is C17H19NO2. The van der Waals surface area contributed by atoms with E-state index in [-0.39, 0.29) is 6.10 Å². The molecule has 1 N–H and O–H groups in total. The van der Waals surface area contributed by atoms with Gasteiger partial charge in [-0.25, -0.2) is 0 Å². The third-order valence-electron chi connectivity index (χ3n) is 3.64. The van der Waals surface area contributed by atoms with Gasteiger partial charge in [-0.3, -0.25) is 0 Å². The molecule has 104 valence electrons. The van der Waals surface area contributed by atoms with Gasteiger partial charge in [-0.15, -0.1) is 0 Å². The Bertz CT molecular complexity index is 565. The Morgan fingerprint density at radius 3 is 2.55 bits per heavy atom. The molecule has 1 heterocycles. The van der Waals surface area contributed by atoms with E-state index in [2.05, 4.69) is 29.6 Å². The Labute approximate surface area is 119 Å². The second kappa shape index (κ2) is 5.97. The lowest BCUT2D eigenvalue weighted by atomic mass is 10.0. The zero-order valence-electron chi connectivity index (χ0n) is 11.6.